The van der Waals surface area contributed by atoms with E-state index >= 15 is 8.78 Å². The number of alkyl halides is 3. The number of fused-ring (bicyclic) bond motifs is 1. The highest BCUT2D eigenvalue weighted by Crippen LogP contribution is 2.39. The van der Waals surface area contributed by atoms with E-state index in [1.54, 1.807) is 19.0 Å². The molecule has 3 N–H and O–H groups in total. The Kier molecular flexibility index (Phi) is 6.35. The molecule has 2 unspecified atom stereocenters. The number of anilines is 1. The zero-order valence-corrected chi connectivity index (χ0v) is 17.4. The molecule has 0 amide bonds. The van der Waals surface area contributed by atoms with Gasteiger partial charge in [0.15, 0.2) is 0 Å². The van der Waals surface area contributed by atoms with Crippen LogP contribution >= 0.6 is 11.6 Å². The highest BCUT2D eigenvalue weighted by molar-refractivity contribution is 6.33. The van der Waals surface area contributed by atoms with E-state index in [0.29, 0.717) is 6.54 Å². The van der Waals surface area contributed by atoms with Gasteiger partial charge in [0.2, 0.25) is 0 Å². The van der Waals surface area contributed by atoms with E-state index in [1.807, 2.05) is 0 Å². The van der Waals surface area contributed by atoms with Crippen molar-refractivity contribution in [3.63, 3.8) is 0 Å². The number of benzene rings is 1. The van der Waals surface area contributed by atoms with E-state index in [2.05, 4.69) is 20.4 Å². The summed E-state index contributed by atoms with van der Waals surface area (Å²) < 4.78 is 70.6. The van der Waals surface area contributed by atoms with Crippen LogP contribution in [-0.2, 0) is 0 Å². The van der Waals surface area contributed by atoms with Crippen molar-refractivity contribution in [3.05, 3.63) is 40.8 Å². The molecule has 0 aliphatic heterocycles. The number of likely N-dealkylation sites (N-methyl/N-ethyl adjacent to an activating group) is 1. The van der Waals surface area contributed by atoms with Crippen LogP contribution in [0.3, 0.4) is 0 Å². The monoisotopic (exact) mass is 463 g/mol. The number of hydrogen-bond donors (Lipinski definition) is 2. The Bertz CT molecular complexity index is 1080. The van der Waals surface area contributed by atoms with E-state index in [1.165, 1.54) is 0 Å². The summed E-state index contributed by atoms with van der Waals surface area (Å²) in [5.74, 6) is -2.67. The zero-order chi connectivity index (χ0) is 23.1. The van der Waals surface area contributed by atoms with Crippen LogP contribution in [0, 0.1) is 11.6 Å². The van der Waals surface area contributed by atoms with Gasteiger partial charge in [0.05, 0.1) is 11.1 Å². The first-order valence-corrected chi connectivity index (χ1v) is 9.40. The highest BCUT2D eigenvalue weighted by atomic mass is 35.5. The Morgan fingerprint density at radius 3 is 2.35 bits per heavy atom. The molecule has 168 valence electrons. The fraction of sp³-hybridized carbons (Fsp3) is 0.389. The van der Waals surface area contributed by atoms with Gasteiger partial charge in [-0.05, 0) is 38.7 Å². The summed E-state index contributed by atoms with van der Waals surface area (Å²) in [6.07, 6.45) is -3.62. The third-order valence-corrected chi connectivity index (χ3v) is 4.80. The lowest BCUT2D eigenvalue weighted by molar-refractivity contribution is -0.138. The number of nitrogens with zero attached hydrogens (tertiary/aromatic N) is 5. The Morgan fingerprint density at radius 1 is 1.19 bits per heavy atom. The van der Waals surface area contributed by atoms with Crippen molar-refractivity contribution in [2.24, 2.45) is 5.73 Å². The van der Waals surface area contributed by atoms with Crippen LogP contribution in [0.5, 0.6) is 0 Å². The van der Waals surface area contributed by atoms with Crippen molar-refractivity contribution in [1.29, 1.82) is 0 Å². The van der Waals surface area contributed by atoms with Gasteiger partial charge >= 0.3 is 6.18 Å². The maximum atomic E-state index is 15.1. The number of aromatic nitrogens is 4. The second kappa shape index (κ2) is 8.52. The highest BCUT2D eigenvalue weighted by Gasteiger charge is 2.37. The molecule has 2 heterocycles. The third kappa shape index (κ3) is 4.70. The maximum absolute atomic E-state index is 15.1. The van der Waals surface area contributed by atoms with E-state index in [0.717, 1.165) is 29.9 Å². The fourth-order valence-electron chi connectivity index (χ4n) is 3.00. The van der Waals surface area contributed by atoms with Crippen LogP contribution in [0.15, 0.2) is 18.5 Å². The molecule has 0 radical (unpaired) electrons. The molecule has 0 spiro atoms. The topological polar surface area (TPSA) is 84.4 Å². The molecular weight excluding hydrogens is 445 g/mol. The molecule has 0 fully saturated rings. The molecule has 0 saturated heterocycles. The lowest BCUT2D eigenvalue weighted by Crippen LogP contribution is -2.34. The second-order valence-corrected chi connectivity index (χ2v) is 7.59. The van der Waals surface area contributed by atoms with Crippen molar-refractivity contribution < 1.29 is 22.0 Å². The summed E-state index contributed by atoms with van der Waals surface area (Å²) in [6, 6.07) is -0.741. The van der Waals surface area contributed by atoms with E-state index in [9.17, 15) is 13.2 Å². The third-order valence-electron chi connectivity index (χ3n) is 4.53. The van der Waals surface area contributed by atoms with Gasteiger partial charge < -0.3 is 16.0 Å². The smallest absolute Gasteiger partial charge is 0.358 e. The molecule has 0 bridgehead atoms. The largest absolute Gasteiger partial charge is 0.408 e. The Balaban J connectivity index is 2.21. The van der Waals surface area contributed by atoms with Gasteiger partial charge in [-0.1, -0.05) is 11.6 Å². The van der Waals surface area contributed by atoms with Crippen LogP contribution in [-0.4, -0.2) is 57.3 Å². The lowest BCUT2D eigenvalue weighted by atomic mass is 10.00. The van der Waals surface area contributed by atoms with Crippen molar-refractivity contribution in [2.45, 2.75) is 25.2 Å². The van der Waals surface area contributed by atoms with Gasteiger partial charge in [-0.3, -0.25) is 0 Å². The molecule has 1 aromatic carbocycles. The summed E-state index contributed by atoms with van der Waals surface area (Å²) >= 11 is 6.13. The van der Waals surface area contributed by atoms with Gasteiger partial charge in [-0.15, -0.1) is 0 Å². The Hall–Kier alpha value is -2.57. The minimum atomic E-state index is -4.65. The Labute approximate surface area is 179 Å². The molecule has 31 heavy (non-hydrogen) atoms. The van der Waals surface area contributed by atoms with Crippen LogP contribution in [0.25, 0.3) is 16.9 Å². The van der Waals surface area contributed by atoms with Crippen molar-refractivity contribution >= 4 is 23.2 Å². The molecule has 3 rings (SSSR count). The quantitative estimate of drug-likeness (QED) is 0.429. The number of halogens is 6. The number of nitrogens with one attached hydrogen (secondary N) is 1. The SMILES string of the molecule is CC(Nc1c(-c2c(F)cc(C(N)CN(C)C)cc2F)c(Cl)nc2ncnn12)C(F)(F)F. The van der Waals surface area contributed by atoms with Crippen LogP contribution < -0.4 is 11.1 Å². The van der Waals surface area contributed by atoms with Gasteiger partial charge in [-0.25, -0.2) is 8.78 Å². The zero-order valence-electron chi connectivity index (χ0n) is 16.7. The van der Waals surface area contributed by atoms with E-state index in [-0.39, 0.29) is 11.3 Å². The minimum Gasteiger partial charge on any atom is -0.358 e. The van der Waals surface area contributed by atoms with Crippen LogP contribution in [0.1, 0.15) is 18.5 Å². The molecular formula is C18H19ClF5N7. The molecule has 0 aliphatic rings. The van der Waals surface area contributed by atoms with Crippen molar-refractivity contribution in [1.82, 2.24) is 24.5 Å². The average Bonchev–Trinajstić information content (AvgIpc) is 3.09. The number of hydrogen-bond acceptors (Lipinski definition) is 6. The molecule has 0 aliphatic carbocycles. The van der Waals surface area contributed by atoms with Gasteiger partial charge in [0.1, 0.15) is 35.0 Å². The summed E-state index contributed by atoms with van der Waals surface area (Å²) in [4.78, 5) is 9.42. The first-order valence-electron chi connectivity index (χ1n) is 9.02. The minimum absolute atomic E-state index is 0.143. The van der Waals surface area contributed by atoms with Gasteiger partial charge in [0, 0.05) is 12.6 Å². The van der Waals surface area contributed by atoms with Crippen molar-refractivity contribution in [3.8, 4) is 11.1 Å². The van der Waals surface area contributed by atoms with E-state index < -0.39 is 52.0 Å². The molecule has 13 heteroatoms. The van der Waals surface area contributed by atoms with Crippen LogP contribution in [0.2, 0.25) is 5.15 Å². The first kappa shape index (κ1) is 23.1. The molecule has 3 aromatic rings. The first-order chi connectivity index (χ1) is 14.4. The molecule has 0 saturated carbocycles. The van der Waals surface area contributed by atoms with E-state index in [4.69, 9.17) is 17.3 Å². The van der Waals surface area contributed by atoms with Crippen LogP contribution in [0.4, 0.5) is 27.8 Å². The summed E-state index contributed by atoms with van der Waals surface area (Å²) in [5.41, 5.74) is 5.08. The normalized spacial score (nSPS) is 14.3. The Morgan fingerprint density at radius 2 is 1.81 bits per heavy atom. The second-order valence-electron chi connectivity index (χ2n) is 7.23. The maximum Gasteiger partial charge on any atom is 0.408 e. The standard InChI is InChI=1S/C18H19ClF5N7/c1-8(18(22,23)24)28-16-14(15(19)29-17-26-7-27-31(16)17)13-10(20)4-9(5-11(13)21)12(25)6-30(2)3/h4-5,7-8,12,28H,6,25H2,1-3H3. The molecule has 2 aromatic heterocycles. The summed E-state index contributed by atoms with van der Waals surface area (Å²) in [6.45, 7) is 1.16. The molecule has 7 nitrogen and oxygen atoms in total. The fourth-order valence-corrected chi connectivity index (χ4v) is 3.26. The van der Waals surface area contributed by atoms with Gasteiger partial charge in [0.25, 0.3) is 5.78 Å². The lowest BCUT2D eigenvalue weighted by Gasteiger charge is -2.22. The number of nitrogens with two attached hydrogens (primary N) is 1. The summed E-state index contributed by atoms with van der Waals surface area (Å²) in [5, 5.41) is 5.54. The average molecular weight is 464 g/mol. The summed E-state index contributed by atoms with van der Waals surface area (Å²) in [7, 11) is 3.50. The predicted molar refractivity (Wildman–Crippen MR) is 106 cm³/mol. The molecule has 2 atom stereocenters. The van der Waals surface area contributed by atoms with Gasteiger partial charge in [-0.2, -0.15) is 32.8 Å². The predicted octanol–water partition coefficient (Wildman–Crippen LogP) is 3.65. The van der Waals surface area contributed by atoms with Crippen molar-refractivity contribution in [2.75, 3.05) is 26.0 Å². The number of rotatable bonds is 6.